The Morgan fingerprint density at radius 1 is 1.23 bits per heavy atom. The molecule has 0 saturated carbocycles. The summed E-state index contributed by atoms with van der Waals surface area (Å²) in [6, 6.07) is 15.9. The zero-order valence-corrected chi connectivity index (χ0v) is 17.2. The van der Waals surface area contributed by atoms with Crippen molar-refractivity contribution in [1.82, 2.24) is 9.78 Å². The van der Waals surface area contributed by atoms with Crippen LogP contribution in [0.25, 0.3) is 11.3 Å². The first-order valence-corrected chi connectivity index (χ1v) is 9.64. The smallest absolute Gasteiger partial charge is 0.267 e. The molecule has 0 radical (unpaired) electrons. The van der Waals surface area contributed by atoms with Crippen LogP contribution in [0.15, 0.2) is 59.4 Å². The number of hydrogen-bond acceptors (Lipinski definition) is 5. The van der Waals surface area contributed by atoms with E-state index >= 15 is 0 Å². The van der Waals surface area contributed by atoms with Gasteiger partial charge < -0.3 is 10.1 Å². The van der Waals surface area contributed by atoms with E-state index in [0.717, 1.165) is 16.0 Å². The third kappa shape index (κ3) is 4.67. The number of carbonyl (C=O) groups is 1. The molecule has 1 aromatic heterocycles. The van der Waals surface area contributed by atoms with Crippen molar-refractivity contribution in [2.24, 2.45) is 0 Å². The maximum atomic E-state index is 12.7. The number of aromatic nitrogens is 2. The lowest BCUT2D eigenvalue weighted by Gasteiger charge is -2.16. The van der Waals surface area contributed by atoms with E-state index in [-0.39, 0.29) is 11.3 Å². The topological polar surface area (TPSA) is 97.0 Å². The van der Waals surface area contributed by atoms with Crippen molar-refractivity contribution in [3.8, 4) is 23.1 Å². The van der Waals surface area contributed by atoms with Gasteiger partial charge in [-0.2, -0.15) is 10.4 Å². The lowest BCUT2D eigenvalue weighted by Crippen LogP contribution is -2.33. The Kier molecular flexibility index (Phi) is 6.50. The molecule has 30 heavy (non-hydrogen) atoms. The molecule has 152 valence electrons. The Hall–Kier alpha value is -3.63. The number of nitrogens with zero attached hydrogens (tertiary/aromatic N) is 3. The minimum absolute atomic E-state index is 0.267. The van der Waals surface area contributed by atoms with E-state index in [9.17, 15) is 14.9 Å². The van der Waals surface area contributed by atoms with Crippen LogP contribution in [0.4, 0.5) is 5.69 Å². The quantitative estimate of drug-likeness (QED) is 0.646. The predicted molar refractivity (Wildman–Crippen MR) is 115 cm³/mol. The Balaban J connectivity index is 1.87. The van der Waals surface area contributed by atoms with Crippen LogP contribution in [0, 0.1) is 11.3 Å². The van der Waals surface area contributed by atoms with Crippen molar-refractivity contribution in [2.75, 3.05) is 11.9 Å². The summed E-state index contributed by atoms with van der Waals surface area (Å²) in [4.78, 5) is 25.1. The van der Waals surface area contributed by atoms with Crippen LogP contribution < -0.4 is 15.6 Å². The fourth-order valence-electron chi connectivity index (χ4n) is 2.81. The third-order valence-corrected chi connectivity index (χ3v) is 4.63. The van der Waals surface area contributed by atoms with Crippen LogP contribution in [0.3, 0.4) is 0 Å². The second kappa shape index (κ2) is 9.25. The largest absolute Gasteiger partial charge is 0.494 e. The third-order valence-electron chi connectivity index (χ3n) is 4.39. The summed E-state index contributed by atoms with van der Waals surface area (Å²) in [6.45, 7) is 4.03. The highest BCUT2D eigenvalue weighted by atomic mass is 35.5. The van der Waals surface area contributed by atoms with E-state index < -0.39 is 17.5 Å². The van der Waals surface area contributed by atoms with E-state index in [2.05, 4.69) is 10.4 Å². The van der Waals surface area contributed by atoms with Gasteiger partial charge in [-0.25, -0.2) is 4.68 Å². The maximum Gasteiger partial charge on any atom is 0.267 e. The lowest BCUT2D eigenvalue weighted by molar-refractivity contribution is -0.119. The molecule has 2 aromatic carbocycles. The number of nitriles is 1. The number of anilines is 1. The van der Waals surface area contributed by atoms with Crippen molar-refractivity contribution < 1.29 is 9.53 Å². The molecule has 1 atom stereocenters. The Bertz CT molecular complexity index is 1170. The number of carbonyl (C=O) groups excluding carboxylic acids is 1. The molecule has 0 aliphatic rings. The van der Waals surface area contributed by atoms with Crippen molar-refractivity contribution in [1.29, 1.82) is 5.26 Å². The number of ether oxygens (including phenoxy) is 1. The van der Waals surface area contributed by atoms with Crippen LogP contribution in [0.1, 0.15) is 25.5 Å². The minimum atomic E-state index is -0.911. The molecule has 3 aromatic rings. The Labute approximate surface area is 178 Å². The Morgan fingerprint density at radius 3 is 2.63 bits per heavy atom. The van der Waals surface area contributed by atoms with Crippen molar-refractivity contribution >= 4 is 23.2 Å². The molecule has 0 bridgehead atoms. The van der Waals surface area contributed by atoms with Gasteiger partial charge in [0.25, 0.3) is 5.56 Å². The standard InChI is InChI=1S/C22H19ClN4O3/c1-3-30-18-8-5-15(6-9-18)19-10-11-21(28)27(26-19)14(2)22(29)25-20-12-17(23)7-4-16(20)13-24/h4-12,14H,3H2,1-2H3,(H,25,29). The number of nitrogens with one attached hydrogen (secondary N) is 1. The normalized spacial score (nSPS) is 11.4. The summed E-state index contributed by atoms with van der Waals surface area (Å²) in [7, 11) is 0. The van der Waals surface area contributed by atoms with Gasteiger partial charge in [-0.15, -0.1) is 0 Å². The summed E-state index contributed by atoms with van der Waals surface area (Å²) >= 11 is 5.96. The SMILES string of the molecule is CCOc1ccc(-c2ccc(=O)n(C(C)C(=O)Nc3cc(Cl)ccc3C#N)n2)cc1. The molecule has 0 spiro atoms. The van der Waals surface area contributed by atoms with Gasteiger partial charge in [-0.3, -0.25) is 9.59 Å². The molecule has 1 amide bonds. The number of halogens is 1. The molecule has 7 nitrogen and oxygen atoms in total. The summed E-state index contributed by atoms with van der Waals surface area (Å²) in [5.74, 6) is 0.240. The van der Waals surface area contributed by atoms with Crippen molar-refractivity contribution in [2.45, 2.75) is 19.9 Å². The molecule has 3 rings (SSSR count). The first-order chi connectivity index (χ1) is 14.4. The van der Waals surface area contributed by atoms with Gasteiger partial charge >= 0.3 is 0 Å². The van der Waals surface area contributed by atoms with Gasteiger partial charge in [-0.05, 0) is 62.4 Å². The van der Waals surface area contributed by atoms with Gasteiger partial charge in [0.05, 0.1) is 23.6 Å². The second-order valence-electron chi connectivity index (χ2n) is 6.43. The average Bonchev–Trinajstić information content (AvgIpc) is 2.74. The molecule has 8 heteroatoms. The zero-order chi connectivity index (χ0) is 21.7. The predicted octanol–water partition coefficient (Wildman–Crippen LogP) is 4.03. The van der Waals surface area contributed by atoms with E-state index in [4.69, 9.17) is 16.3 Å². The molecule has 0 saturated heterocycles. The van der Waals surface area contributed by atoms with Gasteiger partial charge in [-0.1, -0.05) is 11.6 Å². The highest BCUT2D eigenvalue weighted by Crippen LogP contribution is 2.23. The van der Waals surface area contributed by atoms with Crippen LogP contribution in [-0.2, 0) is 4.79 Å². The number of rotatable bonds is 6. The van der Waals surface area contributed by atoms with E-state index in [1.165, 1.54) is 18.2 Å². The van der Waals surface area contributed by atoms with E-state index in [1.807, 2.05) is 37.3 Å². The maximum absolute atomic E-state index is 12.7. The van der Waals surface area contributed by atoms with Crippen molar-refractivity contribution in [3.05, 3.63) is 75.5 Å². The molecule has 0 aliphatic carbocycles. The fraction of sp³-hybridized carbons (Fsp3) is 0.182. The van der Waals surface area contributed by atoms with E-state index in [1.54, 1.807) is 19.1 Å². The highest BCUT2D eigenvalue weighted by molar-refractivity contribution is 6.31. The number of hydrogen-bond donors (Lipinski definition) is 1. The second-order valence-corrected chi connectivity index (χ2v) is 6.86. The molecule has 1 N–H and O–H groups in total. The molecule has 0 aliphatic heterocycles. The zero-order valence-electron chi connectivity index (χ0n) is 16.4. The molecule has 1 heterocycles. The van der Waals surface area contributed by atoms with Crippen LogP contribution >= 0.6 is 11.6 Å². The summed E-state index contributed by atoms with van der Waals surface area (Å²) < 4.78 is 6.54. The first-order valence-electron chi connectivity index (χ1n) is 9.26. The summed E-state index contributed by atoms with van der Waals surface area (Å²) in [6.07, 6.45) is 0. The first kappa shape index (κ1) is 21.1. The van der Waals surface area contributed by atoms with Gasteiger partial charge in [0.15, 0.2) is 0 Å². The summed E-state index contributed by atoms with van der Waals surface area (Å²) in [5, 5.41) is 16.6. The fourth-order valence-corrected chi connectivity index (χ4v) is 2.98. The number of amides is 1. The monoisotopic (exact) mass is 422 g/mol. The molecule has 1 unspecified atom stereocenters. The van der Waals surface area contributed by atoms with Crippen LogP contribution in [0.2, 0.25) is 5.02 Å². The van der Waals surface area contributed by atoms with E-state index in [0.29, 0.717) is 17.3 Å². The highest BCUT2D eigenvalue weighted by Gasteiger charge is 2.19. The summed E-state index contributed by atoms with van der Waals surface area (Å²) in [5.41, 5.74) is 1.44. The average molecular weight is 423 g/mol. The number of benzene rings is 2. The minimum Gasteiger partial charge on any atom is -0.494 e. The lowest BCUT2D eigenvalue weighted by atomic mass is 10.1. The van der Waals surface area contributed by atoms with Crippen LogP contribution in [0.5, 0.6) is 5.75 Å². The van der Waals surface area contributed by atoms with Crippen LogP contribution in [-0.4, -0.2) is 22.3 Å². The molecule has 0 fully saturated rings. The van der Waals surface area contributed by atoms with Gasteiger partial charge in [0.2, 0.25) is 5.91 Å². The molecular weight excluding hydrogens is 404 g/mol. The molecular formula is C22H19ClN4O3. The van der Waals surface area contributed by atoms with Crippen molar-refractivity contribution in [3.63, 3.8) is 0 Å². The van der Waals surface area contributed by atoms with Gasteiger partial charge in [0.1, 0.15) is 17.9 Å². The Morgan fingerprint density at radius 2 is 1.97 bits per heavy atom. The van der Waals surface area contributed by atoms with Gasteiger partial charge in [0, 0.05) is 16.7 Å².